The Kier molecular flexibility index (Phi) is 5.36. The standard InChI is InChI=1S/C22H28N4O3/c1-21(2,3)29-20(28)17-15-11-13(8-9-16(15)22(4,5)12-25-17)26-19(27)14-7-6-10-24-18(14)23/h6-11,17,25H,12H2,1-5H3,(H2,23,24)(H,26,27). The quantitative estimate of drug-likeness (QED) is 0.688. The number of amides is 1. The van der Waals surface area contributed by atoms with E-state index >= 15 is 0 Å². The summed E-state index contributed by atoms with van der Waals surface area (Å²) in [5.74, 6) is -0.529. The molecule has 1 aromatic carbocycles. The first-order valence-electron chi connectivity index (χ1n) is 9.60. The van der Waals surface area contributed by atoms with Gasteiger partial charge < -0.3 is 15.8 Å². The van der Waals surface area contributed by atoms with Crippen LogP contribution in [0, 0.1) is 0 Å². The maximum absolute atomic E-state index is 12.8. The Balaban J connectivity index is 1.93. The van der Waals surface area contributed by atoms with E-state index in [1.807, 2.05) is 39.0 Å². The van der Waals surface area contributed by atoms with E-state index < -0.39 is 11.6 Å². The molecular weight excluding hydrogens is 368 g/mol. The number of fused-ring (bicyclic) bond motifs is 1. The summed E-state index contributed by atoms with van der Waals surface area (Å²) in [6.07, 6.45) is 1.53. The molecule has 0 saturated heterocycles. The van der Waals surface area contributed by atoms with E-state index in [0.29, 0.717) is 17.8 Å². The molecule has 1 aliphatic rings. The molecule has 0 spiro atoms. The van der Waals surface area contributed by atoms with Gasteiger partial charge in [-0.25, -0.2) is 9.78 Å². The molecule has 1 aliphatic heterocycles. The lowest BCUT2D eigenvalue weighted by atomic mass is 9.76. The first kappa shape index (κ1) is 20.8. The molecule has 29 heavy (non-hydrogen) atoms. The summed E-state index contributed by atoms with van der Waals surface area (Å²) < 4.78 is 5.59. The third-order valence-electron chi connectivity index (χ3n) is 4.82. The monoisotopic (exact) mass is 396 g/mol. The Morgan fingerprint density at radius 2 is 2.00 bits per heavy atom. The van der Waals surface area contributed by atoms with Crippen molar-refractivity contribution < 1.29 is 14.3 Å². The van der Waals surface area contributed by atoms with E-state index in [4.69, 9.17) is 10.5 Å². The molecule has 0 saturated carbocycles. The average Bonchev–Trinajstić information content (AvgIpc) is 2.60. The van der Waals surface area contributed by atoms with Gasteiger partial charge in [-0.1, -0.05) is 19.9 Å². The van der Waals surface area contributed by atoms with Crippen LogP contribution in [-0.2, 0) is 14.9 Å². The Morgan fingerprint density at radius 1 is 1.28 bits per heavy atom. The largest absolute Gasteiger partial charge is 0.459 e. The van der Waals surface area contributed by atoms with E-state index in [-0.39, 0.29) is 23.1 Å². The zero-order valence-electron chi connectivity index (χ0n) is 17.5. The van der Waals surface area contributed by atoms with Gasteiger partial charge in [0, 0.05) is 23.8 Å². The topological polar surface area (TPSA) is 106 Å². The molecule has 4 N–H and O–H groups in total. The fraction of sp³-hybridized carbons (Fsp3) is 0.409. The van der Waals surface area contributed by atoms with Gasteiger partial charge in [0.25, 0.3) is 5.91 Å². The SMILES string of the molecule is CC(C)(C)OC(=O)C1NCC(C)(C)c2ccc(NC(=O)c3cccnc3N)cc21. The van der Waals surface area contributed by atoms with E-state index in [2.05, 4.69) is 29.5 Å². The van der Waals surface area contributed by atoms with Crippen LogP contribution >= 0.6 is 0 Å². The fourth-order valence-corrected chi connectivity index (χ4v) is 3.44. The van der Waals surface area contributed by atoms with Gasteiger partial charge in [-0.15, -0.1) is 0 Å². The van der Waals surface area contributed by atoms with E-state index in [9.17, 15) is 9.59 Å². The van der Waals surface area contributed by atoms with Gasteiger partial charge in [0.05, 0.1) is 5.56 Å². The minimum absolute atomic E-state index is 0.163. The molecule has 1 aromatic heterocycles. The van der Waals surface area contributed by atoms with Gasteiger partial charge in [-0.2, -0.15) is 0 Å². The maximum atomic E-state index is 12.8. The summed E-state index contributed by atoms with van der Waals surface area (Å²) in [5.41, 5.74) is 7.77. The molecule has 154 valence electrons. The second-order valence-corrected chi connectivity index (χ2v) is 8.92. The smallest absolute Gasteiger partial charge is 0.328 e. The van der Waals surface area contributed by atoms with Crippen LogP contribution in [0.3, 0.4) is 0 Å². The van der Waals surface area contributed by atoms with Gasteiger partial charge in [0.2, 0.25) is 0 Å². The van der Waals surface area contributed by atoms with Gasteiger partial charge in [0.15, 0.2) is 0 Å². The number of nitrogen functional groups attached to an aromatic ring is 1. The molecular formula is C22H28N4O3. The Bertz CT molecular complexity index is 947. The summed E-state index contributed by atoms with van der Waals surface area (Å²) in [7, 11) is 0. The number of hydrogen-bond acceptors (Lipinski definition) is 6. The van der Waals surface area contributed by atoms with Gasteiger partial charge >= 0.3 is 5.97 Å². The molecule has 7 heteroatoms. The Hall–Kier alpha value is -2.93. The number of carbonyl (C=O) groups excluding carboxylic acids is 2. The highest BCUT2D eigenvalue weighted by atomic mass is 16.6. The Morgan fingerprint density at radius 3 is 2.66 bits per heavy atom. The highest BCUT2D eigenvalue weighted by molar-refractivity contribution is 6.07. The molecule has 0 bridgehead atoms. The number of ether oxygens (including phenoxy) is 1. The fourth-order valence-electron chi connectivity index (χ4n) is 3.44. The summed E-state index contributed by atoms with van der Waals surface area (Å²) in [6.45, 7) is 10.4. The van der Waals surface area contributed by atoms with Gasteiger partial charge in [0.1, 0.15) is 17.5 Å². The zero-order chi connectivity index (χ0) is 21.4. The maximum Gasteiger partial charge on any atom is 0.328 e. The molecule has 2 aromatic rings. The number of anilines is 2. The zero-order valence-corrected chi connectivity index (χ0v) is 17.5. The lowest BCUT2D eigenvalue weighted by Crippen LogP contribution is -2.46. The van der Waals surface area contributed by atoms with Crippen LogP contribution < -0.4 is 16.4 Å². The van der Waals surface area contributed by atoms with E-state index in [1.165, 1.54) is 6.20 Å². The van der Waals surface area contributed by atoms with Gasteiger partial charge in [-0.3, -0.25) is 10.1 Å². The molecule has 1 amide bonds. The number of nitrogens with one attached hydrogen (secondary N) is 2. The minimum atomic E-state index is -0.599. The number of nitrogens with zero attached hydrogens (tertiary/aromatic N) is 1. The average molecular weight is 396 g/mol. The van der Waals surface area contributed by atoms with E-state index in [1.54, 1.807) is 12.1 Å². The second-order valence-electron chi connectivity index (χ2n) is 8.92. The van der Waals surface area contributed by atoms with Crippen molar-refractivity contribution in [2.24, 2.45) is 0 Å². The number of hydrogen-bond donors (Lipinski definition) is 3. The first-order chi connectivity index (χ1) is 13.5. The summed E-state index contributed by atoms with van der Waals surface area (Å²) in [4.78, 5) is 29.3. The Labute approximate surface area is 171 Å². The van der Waals surface area contributed by atoms with Crippen LogP contribution in [-0.4, -0.2) is 29.0 Å². The predicted molar refractivity (Wildman–Crippen MR) is 113 cm³/mol. The van der Waals surface area contributed by atoms with Crippen LogP contribution in [0.25, 0.3) is 0 Å². The van der Waals surface area contributed by atoms with Gasteiger partial charge in [-0.05, 0) is 56.2 Å². The van der Waals surface area contributed by atoms with Crippen LogP contribution in [0.4, 0.5) is 11.5 Å². The van der Waals surface area contributed by atoms with Crippen molar-refractivity contribution in [1.82, 2.24) is 10.3 Å². The third-order valence-corrected chi connectivity index (χ3v) is 4.82. The number of nitrogens with two attached hydrogens (primary N) is 1. The summed E-state index contributed by atoms with van der Waals surface area (Å²) >= 11 is 0. The minimum Gasteiger partial charge on any atom is -0.459 e. The van der Waals surface area contributed by atoms with Crippen LogP contribution in [0.15, 0.2) is 36.5 Å². The van der Waals surface area contributed by atoms with Crippen molar-refractivity contribution in [3.05, 3.63) is 53.2 Å². The van der Waals surface area contributed by atoms with Crippen molar-refractivity contribution >= 4 is 23.4 Å². The van der Waals surface area contributed by atoms with Crippen LogP contribution in [0.2, 0.25) is 0 Å². The lowest BCUT2D eigenvalue weighted by Gasteiger charge is -2.38. The lowest BCUT2D eigenvalue weighted by molar-refractivity contribution is -0.158. The summed E-state index contributed by atoms with van der Waals surface area (Å²) in [6, 6.07) is 8.28. The van der Waals surface area contributed by atoms with Crippen molar-refractivity contribution in [1.29, 1.82) is 0 Å². The summed E-state index contributed by atoms with van der Waals surface area (Å²) in [5, 5.41) is 6.14. The number of pyridine rings is 1. The molecule has 1 atom stereocenters. The third kappa shape index (κ3) is 4.56. The number of benzene rings is 1. The predicted octanol–water partition coefficient (Wildman–Crippen LogP) is 3.18. The number of rotatable bonds is 3. The molecule has 1 unspecified atom stereocenters. The molecule has 3 rings (SSSR count). The molecule has 0 fully saturated rings. The number of aromatic nitrogens is 1. The highest BCUT2D eigenvalue weighted by Gasteiger charge is 2.37. The number of carbonyl (C=O) groups is 2. The first-order valence-corrected chi connectivity index (χ1v) is 9.60. The highest BCUT2D eigenvalue weighted by Crippen LogP contribution is 2.37. The van der Waals surface area contributed by atoms with Crippen molar-refractivity contribution in [3.8, 4) is 0 Å². The van der Waals surface area contributed by atoms with Crippen molar-refractivity contribution in [2.75, 3.05) is 17.6 Å². The van der Waals surface area contributed by atoms with Crippen LogP contribution in [0.1, 0.15) is 62.1 Å². The van der Waals surface area contributed by atoms with E-state index in [0.717, 1.165) is 11.1 Å². The van der Waals surface area contributed by atoms with Crippen molar-refractivity contribution in [2.45, 2.75) is 51.7 Å². The molecule has 7 nitrogen and oxygen atoms in total. The van der Waals surface area contributed by atoms with Crippen LogP contribution in [0.5, 0.6) is 0 Å². The molecule has 0 radical (unpaired) electrons. The number of esters is 1. The molecule has 2 heterocycles. The van der Waals surface area contributed by atoms with Crippen molar-refractivity contribution in [3.63, 3.8) is 0 Å². The second kappa shape index (κ2) is 7.48. The normalized spacial score (nSPS) is 17.9. The molecule has 0 aliphatic carbocycles.